The van der Waals surface area contributed by atoms with E-state index in [0.717, 1.165) is 30.2 Å². The van der Waals surface area contributed by atoms with Gasteiger partial charge in [-0.3, -0.25) is 4.90 Å². The molecule has 0 bridgehead atoms. The fourth-order valence-corrected chi connectivity index (χ4v) is 2.97. The van der Waals surface area contributed by atoms with E-state index >= 15 is 0 Å². The first kappa shape index (κ1) is 15.1. The minimum atomic E-state index is -0.0166. The summed E-state index contributed by atoms with van der Waals surface area (Å²) in [5.74, 6) is 1.48. The van der Waals surface area contributed by atoms with E-state index in [-0.39, 0.29) is 6.04 Å². The van der Waals surface area contributed by atoms with Crippen LogP contribution in [0.5, 0.6) is 11.5 Å². The van der Waals surface area contributed by atoms with E-state index in [4.69, 9.17) is 27.4 Å². The maximum absolute atomic E-state index is 5.95. The molecule has 0 aliphatic carbocycles. The van der Waals surface area contributed by atoms with Crippen molar-refractivity contribution in [2.24, 2.45) is 5.73 Å². The second-order valence-electron chi connectivity index (χ2n) is 4.89. The second-order valence-corrected chi connectivity index (χ2v) is 5.36. The number of thiocarbonyl (C=S) groups is 1. The summed E-state index contributed by atoms with van der Waals surface area (Å²) >= 11 is 5.26. The third kappa shape index (κ3) is 3.22. The van der Waals surface area contributed by atoms with Crippen molar-refractivity contribution in [2.45, 2.75) is 25.8 Å². The van der Waals surface area contributed by atoms with Crippen LogP contribution in [0.25, 0.3) is 0 Å². The molecular weight excluding hydrogens is 272 g/mol. The van der Waals surface area contributed by atoms with E-state index < -0.39 is 0 Å². The average Bonchev–Trinajstić information content (AvgIpc) is 2.94. The van der Waals surface area contributed by atoms with Crippen molar-refractivity contribution >= 4 is 17.2 Å². The predicted molar refractivity (Wildman–Crippen MR) is 84.5 cm³/mol. The summed E-state index contributed by atoms with van der Waals surface area (Å²) in [7, 11) is 1.65. The number of rotatable bonds is 6. The van der Waals surface area contributed by atoms with Gasteiger partial charge in [0.1, 0.15) is 0 Å². The van der Waals surface area contributed by atoms with Gasteiger partial charge in [-0.1, -0.05) is 18.3 Å². The van der Waals surface area contributed by atoms with Crippen molar-refractivity contribution in [2.75, 3.05) is 26.8 Å². The van der Waals surface area contributed by atoms with Crippen molar-refractivity contribution in [1.82, 2.24) is 4.90 Å². The lowest BCUT2D eigenvalue weighted by Crippen LogP contribution is -2.34. The van der Waals surface area contributed by atoms with Gasteiger partial charge in [0.25, 0.3) is 0 Å². The Kier molecular flexibility index (Phi) is 5.20. The van der Waals surface area contributed by atoms with Crippen molar-refractivity contribution in [3.63, 3.8) is 0 Å². The van der Waals surface area contributed by atoms with E-state index in [1.807, 2.05) is 25.1 Å². The molecule has 0 saturated carbocycles. The highest BCUT2D eigenvalue weighted by Gasteiger charge is 2.26. The molecule has 0 spiro atoms. The molecule has 2 N–H and O–H groups in total. The summed E-state index contributed by atoms with van der Waals surface area (Å²) in [6.45, 7) is 4.64. The Morgan fingerprint density at radius 1 is 1.35 bits per heavy atom. The number of likely N-dealkylation sites (tertiary alicyclic amines) is 1. The molecule has 1 unspecified atom stereocenters. The predicted octanol–water partition coefficient (Wildman–Crippen LogP) is 2.52. The number of hydrogen-bond donors (Lipinski definition) is 1. The Labute approximate surface area is 125 Å². The van der Waals surface area contributed by atoms with E-state index in [1.165, 1.54) is 12.8 Å². The molecule has 0 amide bonds. The highest BCUT2D eigenvalue weighted by molar-refractivity contribution is 7.80. The van der Waals surface area contributed by atoms with Crippen LogP contribution in [0.3, 0.4) is 0 Å². The fourth-order valence-electron chi connectivity index (χ4n) is 2.68. The standard InChI is InChI=1S/C15H22N2O2S/c1-3-19-12-7-6-11(10-13(12)18-2)14(15(16)20)17-8-4-5-9-17/h6-7,10,14H,3-5,8-9H2,1-2H3,(H2,16,20). The first-order chi connectivity index (χ1) is 9.67. The van der Waals surface area contributed by atoms with Gasteiger partial charge in [0.05, 0.1) is 24.7 Å². The van der Waals surface area contributed by atoms with Crippen molar-refractivity contribution < 1.29 is 9.47 Å². The molecule has 0 aromatic heterocycles. The van der Waals surface area contributed by atoms with Crippen molar-refractivity contribution in [1.29, 1.82) is 0 Å². The summed E-state index contributed by atoms with van der Waals surface area (Å²) < 4.78 is 10.9. The molecule has 1 saturated heterocycles. The van der Waals surface area contributed by atoms with Crippen LogP contribution in [0, 0.1) is 0 Å². The van der Waals surface area contributed by atoms with Crippen LogP contribution in [0.1, 0.15) is 31.4 Å². The maximum atomic E-state index is 5.95. The van der Waals surface area contributed by atoms with Crippen LogP contribution in [-0.4, -0.2) is 36.7 Å². The smallest absolute Gasteiger partial charge is 0.161 e. The van der Waals surface area contributed by atoms with Gasteiger partial charge in [0.15, 0.2) is 11.5 Å². The Balaban J connectivity index is 2.31. The monoisotopic (exact) mass is 294 g/mol. The Morgan fingerprint density at radius 3 is 2.60 bits per heavy atom. The number of methoxy groups -OCH3 is 1. The average molecular weight is 294 g/mol. The topological polar surface area (TPSA) is 47.7 Å². The van der Waals surface area contributed by atoms with Crippen LogP contribution in [0.2, 0.25) is 0 Å². The highest BCUT2D eigenvalue weighted by atomic mass is 32.1. The molecule has 5 heteroatoms. The molecule has 1 atom stereocenters. The first-order valence-electron chi connectivity index (χ1n) is 7.01. The fraction of sp³-hybridized carbons (Fsp3) is 0.533. The van der Waals surface area contributed by atoms with Gasteiger partial charge < -0.3 is 15.2 Å². The van der Waals surface area contributed by atoms with Gasteiger partial charge >= 0.3 is 0 Å². The Morgan fingerprint density at radius 2 is 2.05 bits per heavy atom. The third-order valence-corrected chi connectivity index (χ3v) is 3.80. The minimum Gasteiger partial charge on any atom is -0.493 e. The summed E-state index contributed by atoms with van der Waals surface area (Å²) in [5.41, 5.74) is 7.02. The summed E-state index contributed by atoms with van der Waals surface area (Å²) in [6, 6.07) is 5.92. The first-order valence-corrected chi connectivity index (χ1v) is 7.42. The second kappa shape index (κ2) is 6.90. The molecule has 1 fully saturated rings. The number of nitrogens with zero attached hydrogens (tertiary/aromatic N) is 1. The van der Waals surface area contributed by atoms with E-state index in [9.17, 15) is 0 Å². The van der Waals surface area contributed by atoms with Crippen LogP contribution in [0.15, 0.2) is 18.2 Å². The summed E-state index contributed by atoms with van der Waals surface area (Å²) in [6.07, 6.45) is 2.40. The van der Waals surface area contributed by atoms with Gasteiger partial charge in [0, 0.05) is 0 Å². The number of hydrogen-bond acceptors (Lipinski definition) is 4. The van der Waals surface area contributed by atoms with E-state index in [2.05, 4.69) is 4.90 Å². The molecule has 20 heavy (non-hydrogen) atoms. The molecule has 1 aliphatic heterocycles. The van der Waals surface area contributed by atoms with Crippen LogP contribution in [-0.2, 0) is 0 Å². The number of benzene rings is 1. The Bertz CT molecular complexity index is 473. The van der Waals surface area contributed by atoms with Crippen molar-refractivity contribution in [3.05, 3.63) is 23.8 Å². The molecule has 110 valence electrons. The van der Waals surface area contributed by atoms with Crippen LogP contribution < -0.4 is 15.2 Å². The molecule has 0 radical (unpaired) electrons. The van der Waals surface area contributed by atoms with Gasteiger partial charge in [-0.25, -0.2) is 0 Å². The van der Waals surface area contributed by atoms with E-state index in [0.29, 0.717) is 11.6 Å². The lowest BCUT2D eigenvalue weighted by Gasteiger charge is -2.27. The highest BCUT2D eigenvalue weighted by Crippen LogP contribution is 2.33. The largest absolute Gasteiger partial charge is 0.493 e. The zero-order valence-electron chi connectivity index (χ0n) is 12.1. The Hall–Kier alpha value is -1.33. The zero-order chi connectivity index (χ0) is 14.5. The normalized spacial score (nSPS) is 16.9. The third-order valence-electron chi connectivity index (χ3n) is 3.58. The molecule has 1 heterocycles. The van der Waals surface area contributed by atoms with E-state index in [1.54, 1.807) is 7.11 Å². The lowest BCUT2D eigenvalue weighted by molar-refractivity contribution is 0.298. The van der Waals surface area contributed by atoms with Gasteiger partial charge in [-0.05, 0) is 50.6 Å². The summed E-state index contributed by atoms with van der Waals surface area (Å²) in [5, 5.41) is 0. The SMILES string of the molecule is CCOc1ccc(C(C(N)=S)N2CCCC2)cc1OC. The van der Waals surface area contributed by atoms with Crippen molar-refractivity contribution in [3.8, 4) is 11.5 Å². The maximum Gasteiger partial charge on any atom is 0.161 e. The minimum absolute atomic E-state index is 0.0166. The van der Waals surface area contributed by atoms with Gasteiger partial charge in [-0.15, -0.1) is 0 Å². The molecule has 4 nitrogen and oxygen atoms in total. The molecule has 1 aromatic carbocycles. The van der Waals surface area contributed by atoms with Crippen LogP contribution in [0.4, 0.5) is 0 Å². The lowest BCUT2D eigenvalue weighted by atomic mass is 10.0. The number of ether oxygens (including phenoxy) is 2. The quantitative estimate of drug-likeness (QED) is 0.817. The molecule has 2 rings (SSSR count). The number of nitrogens with two attached hydrogens (primary N) is 1. The summed E-state index contributed by atoms with van der Waals surface area (Å²) in [4.78, 5) is 2.84. The molecule has 1 aromatic rings. The van der Waals surface area contributed by atoms with Gasteiger partial charge in [0.2, 0.25) is 0 Å². The zero-order valence-corrected chi connectivity index (χ0v) is 12.9. The van der Waals surface area contributed by atoms with Gasteiger partial charge in [-0.2, -0.15) is 0 Å². The molecule has 1 aliphatic rings. The molecular formula is C15H22N2O2S. The van der Waals surface area contributed by atoms with Crippen LogP contribution >= 0.6 is 12.2 Å².